The maximum absolute atomic E-state index is 12.9. The lowest BCUT2D eigenvalue weighted by atomic mass is 9.99. The minimum atomic E-state index is -0.395. The number of amides is 2. The number of benzene rings is 1. The van der Waals surface area contributed by atoms with E-state index in [0.29, 0.717) is 24.4 Å². The van der Waals surface area contributed by atoms with Crippen molar-refractivity contribution >= 4 is 22.8 Å². The molecule has 0 bridgehead atoms. The lowest BCUT2D eigenvalue weighted by Gasteiger charge is -2.34. The Morgan fingerprint density at radius 2 is 2.19 bits per heavy atom. The number of aromatic nitrogens is 2. The molecule has 1 aromatic carbocycles. The van der Waals surface area contributed by atoms with Crippen molar-refractivity contribution in [1.82, 2.24) is 14.6 Å². The summed E-state index contributed by atoms with van der Waals surface area (Å²) in [6, 6.07) is 6.83. The van der Waals surface area contributed by atoms with Crippen molar-refractivity contribution in [2.24, 2.45) is 0 Å². The van der Waals surface area contributed by atoms with Crippen molar-refractivity contribution in [3.05, 3.63) is 46.3 Å². The molecule has 1 saturated heterocycles. The average molecular weight is 370 g/mol. The average Bonchev–Trinajstić information content (AvgIpc) is 3.23. The number of likely N-dealkylation sites (tertiary alicyclic amines) is 1. The second-order valence-electron chi connectivity index (χ2n) is 6.79. The van der Waals surface area contributed by atoms with Crippen molar-refractivity contribution in [2.75, 3.05) is 11.9 Å². The number of hydrogen-bond donors (Lipinski definition) is 1. The maximum atomic E-state index is 12.9. The molecular formula is C19H22N4O4. The molecule has 1 aliphatic rings. The fourth-order valence-corrected chi connectivity index (χ4v) is 3.66. The Kier molecular flexibility index (Phi) is 4.47. The third kappa shape index (κ3) is 3.22. The topological polar surface area (TPSA) is 93.5 Å². The van der Waals surface area contributed by atoms with Crippen LogP contribution in [-0.4, -0.2) is 27.2 Å². The summed E-state index contributed by atoms with van der Waals surface area (Å²) in [6.45, 7) is 4.92. The lowest BCUT2D eigenvalue weighted by molar-refractivity contribution is 0.159. The lowest BCUT2D eigenvalue weighted by Crippen LogP contribution is -2.41. The highest BCUT2D eigenvalue weighted by Crippen LogP contribution is 2.31. The number of carbonyl (C=O) groups excluding carboxylic acids is 1. The van der Waals surface area contributed by atoms with E-state index in [2.05, 4.69) is 10.5 Å². The van der Waals surface area contributed by atoms with Gasteiger partial charge in [-0.25, -0.2) is 9.59 Å². The fourth-order valence-electron chi connectivity index (χ4n) is 3.66. The summed E-state index contributed by atoms with van der Waals surface area (Å²) in [7, 11) is 0. The van der Waals surface area contributed by atoms with Crippen LogP contribution in [0.2, 0.25) is 0 Å². The van der Waals surface area contributed by atoms with E-state index in [4.69, 9.17) is 8.94 Å². The maximum Gasteiger partial charge on any atom is 0.419 e. The normalized spacial score (nSPS) is 17.4. The van der Waals surface area contributed by atoms with Crippen LogP contribution in [0.4, 0.5) is 10.5 Å². The van der Waals surface area contributed by atoms with Gasteiger partial charge in [-0.15, -0.1) is 0 Å². The van der Waals surface area contributed by atoms with E-state index in [0.717, 1.165) is 36.2 Å². The molecule has 1 atom stereocenters. The van der Waals surface area contributed by atoms with Crippen LogP contribution >= 0.6 is 0 Å². The van der Waals surface area contributed by atoms with E-state index in [1.54, 1.807) is 27.7 Å². The van der Waals surface area contributed by atoms with Crippen LogP contribution in [0.5, 0.6) is 0 Å². The van der Waals surface area contributed by atoms with E-state index in [1.165, 1.54) is 0 Å². The van der Waals surface area contributed by atoms with Crippen LogP contribution in [0.1, 0.15) is 43.7 Å². The van der Waals surface area contributed by atoms with Gasteiger partial charge in [0.25, 0.3) is 0 Å². The number of nitrogens with one attached hydrogen (secondary N) is 1. The van der Waals surface area contributed by atoms with Crippen LogP contribution < -0.4 is 11.1 Å². The van der Waals surface area contributed by atoms with Gasteiger partial charge in [0.05, 0.1) is 11.6 Å². The summed E-state index contributed by atoms with van der Waals surface area (Å²) >= 11 is 0. The number of hydrogen-bond acceptors (Lipinski definition) is 5. The molecule has 2 amide bonds. The number of carbonyl (C=O) groups is 1. The van der Waals surface area contributed by atoms with Gasteiger partial charge in [-0.05, 0) is 45.2 Å². The molecule has 3 aromatic rings. The molecule has 0 unspecified atom stereocenters. The van der Waals surface area contributed by atoms with E-state index in [1.807, 2.05) is 19.9 Å². The number of anilines is 1. The van der Waals surface area contributed by atoms with Crippen molar-refractivity contribution in [2.45, 2.75) is 45.7 Å². The SMILES string of the molecule is CCn1c(=O)oc2cc(NC(=O)N3CCCC[C@@H]3c3cc(C)on3)ccc21. The third-order valence-electron chi connectivity index (χ3n) is 4.99. The second-order valence-corrected chi connectivity index (χ2v) is 6.79. The Labute approximate surface area is 155 Å². The van der Waals surface area contributed by atoms with Crippen molar-refractivity contribution in [1.29, 1.82) is 0 Å². The number of rotatable bonds is 3. The molecule has 4 rings (SSSR count). The molecule has 142 valence electrons. The zero-order chi connectivity index (χ0) is 19.0. The van der Waals surface area contributed by atoms with Crippen molar-refractivity contribution in [3.63, 3.8) is 0 Å². The number of fused-ring (bicyclic) bond motifs is 1. The highest BCUT2D eigenvalue weighted by molar-refractivity contribution is 5.92. The summed E-state index contributed by atoms with van der Waals surface area (Å²) in [6.07, 6.45) is 2.85. The van der Waals surface area contributed by atoms with Gasteiger partial charge >= 0.3 is 11.8 Å². The van der Waals surface area contributed by atoms with Gasteiger partial charge in [-0.1, -0.05) is 5.16 Å². The smallest absolute Gasteiger partial charge is 0.408 e. The number of urea groups is 1. The molecule has 0 radical (unpaired) electrons. The Morgan fingerprint density at radius 3 is 2.93 bits per heavy atom. The molecule has 0 spiro atoms. The number of oxazole rings is 1. The first kappa shape index (κ1) is 17.4. The Hall–Kier alpha value is -3.03. The van der Waals surface area contributed by atoms with Crippen LogP contribution in [0.25, 0.3) is 11.1 Å². The highest BCUT2D eigenvalue weighted by Gasteiger charge is 2.30. The van der Waals surface area contributed by atoms with Crippen molar-refractivity contribution < 1.29 is 13.7 Å². The molecule has 8 heteroatoms. The first-order chi connectivity index (χ1) is 13.1. The fraction of sp³-hybridized carbons (Fsp3) is 0.421. The first-order valence-electron chi connectivity index (χ1n) is 9.21. The third-order valence-corrected chi connectivity index (χ3v) is 4.99. The molecule has 1 fully saturated rings. The molecule has 0 saturated carbocycles. The summed E-state index contributed by atoms with van der Waals surface area (Å²) < 4.78 is 12.0. The summed E-state index contributed by atoms with van der Waals surface area (Å²) in [4.78, 5) is 26.5. The minimum absolute atomic E-state index is 0.0981. The Balaban J connectivity index is 1.57. The van der Waals surface area contributed by atoms with Gasteiger partial charge in [0.1, 0.15) is 11.5 Å². The molecule has 1 N–H and O–H groups in total. The predicted molar refractivity (Wildman–Crippen MR) is 99.7 cm³/mol. The predicted octanol–water partition coefficient (Wildman–Crippen LogP) is 3.67. The van der Waals surface area contributed by atoms with Gasteiger partial charge in [-0.2, -0.15) is 0 Å². The summed E-state index contributed by atoms with van der Waals surface area (Å²) in [5, 5.41) is 7.01. The molecule has 2 aromatic heterocycles. The Bertz CT molecular complexity index is 1030. The van der Waals surface area contributed by atoms with Gasteiger partial charge in [0, 0.05) is 30.9 Å². The first-order valence-corrected chi connectivity index (χ1v) is 9.21. The molecule has 27 heavy (non-hydrogen) atoms. The molecule has 0 aliphatic carbocycles. The summed E-state index contributed by atoms with van der Waals surface area (Å²) in [5.74, 6) is 0.338. The van der Waals surface area contributed by atoms with Crippen LogP contribution in [0, 0.1) is 6.92 Å². The zero-order valence-electron chi connectivity index (χ0n) is 15.4. The number of aryl methyl sites for hydroxylation is 2. The largest absolute Gasteiger partial charge is 0.419 e. The number of piperidine rings is 1. The van der Waals surface area contributed by atoms with Crippen LogP contribution in [-0.2, 0) is 6.54 Å². The molecule has 1 aliphatic heterocycles. The minimum Gasteiger partial charge on any atom is -0.408 e. The monoisotopic (exact) mass is 370 g/mol. The quantitative estimate of drug-likeness (QED) is 0.759. The van der Waals surface area contributed by atoms with E-state index in [-0.39, 0.29) is 12.1 Å². The summed E-state index contributed by atoms with van der Waals surface area (Å²) in [5.41, 5.74) is 2.55. The van der Waals surface area contributed by atoms with Gasteiger partial charge < -0.3 is 19.2 Å². The highest BCUT2D eigenvalue weighted by atomic mass is 16.5. The van der Waals surface area contributed by atoms with Crippen LogP contribution in [0.15, 0.2) is 38.0 Å². The standard InChI is InChI=1S/C19H22N4O4/c1-3-22-16-8-7-13(11-17(16)26-19(22)25)20-18(24)23-9-5-4-6-15(23)14-10-12(2)27-21-14/h7-8,10-11,15H,3-6,9H2,1-2H3,(H,20,24)/t15-/m1/s1. The van der Waals surface area contributed by atoms with E-state index >= 15 is 0 Å². The molecule has 3 heterocycles. The van der Waals surface area contributed by atoms with Crippen LogP contribution in [0.3, 0.4) is 0 Å². The van der Waals surface area contributed by atoms with Gasteiger partial charge in [-0.3, -0.25) is 4.57 Å². The van der Waals surface area contributed by atoms with Gasteiger partial charge in [0.15, 0.2) is 5.58 Å². The van der Waals surface area contributed by atoms with E-state index in [9.17, 15) is 9.59 Å². The second kappa shape index (κ2) is 6.94. The zero-order valence-corrected chi connectivity index (χ0v) is 15.4. The Morgan fingerprint density at radius 1 is 1.33 bits per heavy atom. The van der Waals surface area contributed by atoms with E-state index < -0.39 is 5.76 Å². The molecular weight excluding hydrogens is 348 g/mol. The van der Waals surface area contributed by atoms with Gasteiger partial charge in [0.2, 0.25) is 0 Å². The van der Waals surface area contributed by atoms with Crippen molar-refractivity contribution in [3.8, 4) is 0 Å². The molecule has 8 nitrogen and oxygen atoms in total. The number of nitrogens with zero attached hydrogens (tertiary/aromatic N) is 3.